The Kier molecular flexibility index (Phi) is 5.64. The summed E-state index contributed by atoms with van der Waals surface area (Å²) in [5.74, 6) is 0.785. The van der Waals surface area contributed by atoms with Gasteiger partial charge in [-0.3, -0.25) is 4.79 Å². The monoisotopic (exact) mass is 475 g/mol. The van der Waals surface area contributed by atoms with Gasteiger partial charge in [0.05, 0.1) is 6.54 Å². The van der Waals surface area contributed by atoms with Gasteiger partial charge in [0.2, 0.25) is 11.8 Å². The molecule has 0 spiro atoms. The Hall–Kier alpha value is -2.22. The summed E-state index contributed by atoms with van der Waals surface area (Å²) in [6.07, 6.45) is 0. The normalized spacial score (nSPS) is 11.4. The Labute approximate surface area is 172 Å². The SMILES string of the molecule is CN(Cc1nnc(-c2ccc(C(C)(C)C)cc2)o1)C(=O)c1ccc(I)cc1. The van der Waals surface area contributed by atoms with Gasteiger partial charge in [-0.15, -0.1) is 10.2 Å². The van der Waals surface area contributed by atoms with Crippen molar-refractivity contribution < 1.29 is 9.21 Å². The first-order chi connectivity index (χ1) is 12.7. The second-order valence-electron chi connectivity index (χ2n) is 7.50. The van der Waals surface area contributed by atoms with E-state index < -0.39 is 0 Å². The molecule has 1 aromatic heterocycles. The van der Waals surface area contributed by atoms with Crippen molar-refractivity contribution in [3.8, 4) is 11.5 Å². The van der Waals surface area contributed by atoms with Gasteiger partial charge in [0.25, 0.3) is 5.91 Å². The number of nitrogens with zero attached hydrogens (tertiary/aromatic N) is 3. The number of carbonyl (C=O) groups is 1. The molecule has 5 nitrogen and oxygen atoms in total. The molecule has 1 amide bonds. The van der Waals surface area contributed by atoms with Crippen LogP contribution in [0.15, 0.2) is 52.9 Å². The summed E-state index contributed by atoms with van der Waals surface area (Å²) >= 11 is 2.21. The van der Waals surface area contributed by atoms with Crippen molar-refractivity contribution in [1.29, 1.82) is 0 Å². The van der Waals surface area contributed by atoms with Crippen LogP contribution in [-0.2, 0) is 12.0 Å². The Morgan fingerprint density at radius 1 is 1.04 bits per heavy atom. The molecule has 2 aromatic carbocycles. The Morgan fingerprint density at radius 2 is 1.67 bits per heavy atom. The van der Waals surface area contributed by atoms with Gasteiger partial charge in [0.1, 0.15) is 0 Å². The van der Waals surface area contributed by atoms with E-state index in [0.717, 1.165) is 9.13 Å². The molecule has 0 saturated heterocycles. The number of aromatic nitrogens is 2. The maximum atomic E-state index is 12.5. The van der Waals surface area contributed by atoms with Crippen LogP contribution >= 0.6 is 22.6 Å². The van der Waals surface area contributed by atoms with E-state index in [-0.39, 0.29) is 17.9 Å². The van der Waals surface area contributed by atoms with Crippen LogP contribution in [0, 0.1) is 3.57 Å². The second kappa shape index (κ2) is 7.80. The summed E-state index contributed by atoms with van der Waals surface area (Å²) in [5.41, 5.74) is 2.84. The van der Waals surface area contributed by atoms with E-state index in [1.807, 2.05) is 36.4 Å². The molecule has 140 valence electrons. The van der Waals surface area contributed by atoms with Crippen LogP contribution in [0.1, 0.15) is 42.6 Å². The number of hydrogen-bond donors (Lipinski definition) is 0. The zero-order valence-corrected chi connectivity index (χ0v) is 18.0. The van der Waals surface area contributed by atoms with Crippen LogP contribution in [0.5, 0.6) is 0 Å². The number of rotatable bonds is 4. The zero-order chi connectivity index (χ0) is 19.6. The van der Waals surface area contributed by atoms with Gasteiger partial charge in [-0.2, -0.15) is 0 Å². The number of amides is 1. The molecule has 0 fully saturated rings. The minimum absolute atomic E-state index is 0.0827. The molecule has 0 radical (unpaired) electrons. The third kappa shape index (κ3) is 4.74. The van der Waals surface area contributed by atoms with Gasteiger partial charge in [0.15, 0.2) is 0 Å². The minimum atomic E-state index is -0.0827. The molecule has 0 aliphatic carbocycles. The first kappa shape index (κ1) is 19.5. The maximum absolute atomic E-state index is 12.5. The largest absolute Gasteiger partial charge is 0.419 e. The second-order valence-corrected chi connectivity index (χ2v) is 8.74. The molecule has 0 N–H and O–H groups in total. The van der Waals surface area contributed by atoms with E-state index >= 15 is 0 Å². The highest BCUT2D eigenvalue weighted by Crippen LogP contribution is 2.25. The van der Waals surface area contributed by atoms with Gasteiger partial charge >= 0.3 is 0 Å². The lowest BCUT2D eigenvalue weighted by Crippen LogP contribution is -2.26. The van der Waals surface area contributed by atoms with E-state index in [2.05, 4.69) is 65.7 Å². The topological polar surface area (TPSA) is 59.2 Å². The first-order valence-electron chi connectivity index (χ1n) is 8.68. The van der Waals surface area contributed by atoms with Crippen LogP contribution in [-0.4, -0.2) is 28.1 Å². The number of carbonyl (C=O) groups excluding carboxylic acids is 1. The molecular formula is C21H22IN3O2. The molecule has 0 saturated carbocycles. The van der Waals surface area contributed by atoms with E-state index in [1.54, 1.807) is 11.9 Å². The Bertz CT molecular complexity index is 925. The van der Waals surface area contributed by atoms with Gasteiger partial charge < -0.3 is 9.32 Å². The van der Waals surface area contributed by atoms with Crippen molar-refractivity contribution in [1.82, 2.24) is 15.1 Å². The van der Waals surface area contributed by atoms with Crippen molar-refractivity contribution >= 4 is 28.5 Å². The maximum Gasteiger partial charge on any atom is 0.254 e. The number of hydrogen-bond acceptors (Lipinski definition) is 4. The van der Waals surface area contributed by atoms with E-state index in [1.165, 1.54) is 5.56 Å². The smallest absolute Gasteiger partial charge is 0.254 e. The van der Waals surface area contributed by atoms with Crippen molar-refractivity contribution in [2.45, 2.75) is 32.7 Å². The quantitative estimate of drug-likeness (QED) is 0.504. The van der Waals surface area contributed by atoms with Gasteiger partial charge in [-0.05, 0) is 70.0 Å². The molecule has 3 aromatic rings. The average molecular weight is 475 g/mol. The highest BCUT2D eigenvalue weighted by atomic mass is 127. The van der Waals surface area contributed by atoms with E-state index in [0.29, 0.717) is 17.3 Å². The summed E-state index contributed by atoms with van der Waals surface area (Å²) in [6, 6.07) is 15.6. The summed E-state index contributed by atoms with van der Waals surface area (Å²) in [4.78, 5) is 14.1. The summed E-state index contributed by atoms with van der Waals surface area (Å²) in [6.45, 7) is 6.78. The van der Waals surface area contributed by atoms with Gasteiger partial charge in [0, 0.05) is 21.7 Å². The molecule has 0 bridgehead atoms. The summed E-state index contributed by atoms with van der Waals surface area (Å²) in [5, 5.41) is 8.20. The molecule has 1 heterocycles. The third-order valence-corrected chi connectivity index (χ3v) is 4.99. The zero-order valence-electron chi connectivity index (χ0n) is 15.9. The van der Waals surface area contributed by atoms with E-state index in [4.69, 9.17) is 4.42 Å². The van der Waals surface area contributed by atoms with Crippen LogP contribution in [0.25, 0.3) is 11.5 Å². The Morgan fingerprint density at radius 3 is 2.26 bits per heavy atom. The fourth-order valence-corrected chi connectivity index (χ4v) is 2.99. The van der Waals surface area contributed by atoms with Crippen molar-refractivity contribution in [2.75, 3.05) is 7.05 Å². The van der Waals surface area contributed by atoms with Crippen molar-refractivity contribution in [3.63, 3.8) is 0 Å². The summed E-state index contributed by atoms with van der Waals surface area (Å²) in [7, 11) is 1.72. The average Bonchev–Trinajstić information content (AvgIpc) is 3.09. The standard InChI is InChI=1S/C21H22IN3O2/c1-21(2,3)16-9-5-14(6-10-16)19-24-23-18(27-19)13-25(4)20(26)15-7-11-17(22)12-8-15/h5-12H,13H2,1-4H3. The molecule has 0 aliphatic rings. The molecule has 6 heteroatoms. The minimum Gasteiger partial charge on any atom is -0.419 e. The lowest BCUT2D eigenvalue weighted by molar-refractivity contribution is 0.0773. The van der Waals surface area contributed by atoms with Crippen molar-refractivity contribution in [2.24, 2.45) is 0 Å². The molecule has 0 unspecified atom stereocenters. The summed E-state index contributed by atoms with van der Waals surface area (Å²) < 4.78 is 6.84. The van der Waals surface area contributed by atoms with Gasteiger partial charge in [-0.25, -0.2) is 0 Å². The molecule has 0 atom stereocenters. The van der Waals surface area contributed by atoms with E-state index in [9.17, 15) is 4.79 Å². The first-order valence-corrected chi connectivity index (χ1v) is 9.76. The molecular weight excluding hydrogens is 453 g/mol. The highest BCUT2D eigenvalue weighted by molar-refractivity contribution is 14.1. The predicted octanol–water partition coefficient (Wildman–Crippen LogP) is 4.91. The number of benzene rings is 2. The van der Waals surface area contributed by atoms with Crippen molar-refractivity contribution in [3.05, 3.63) is 69.1 Å². The molecule has 27 heavy (non-hydrogen) atoms. The highest BCUT2D eigenvalue weighted by Gasteiger charge is 2.17. The molecule has 0 aliphatic heterocycles. The van der Waals surface area contributed by atoms with Gasteiger partial charge in [-0.1, -0.05) is 32.9 Å². The van der Waals surface area contributed by atoms with Crippen LogP contribution < -0.4 is 0 Å². The van der Waals surface area contributed by atoms with Crippen LogP contribution in [0.4, 0.5) is 0 Å². The lowest BCUT2D eigenvalue weighted by atomic mass is 9.87. The predicted molar refractivity (Wildman–Crippen MR) is 113 cm³/mol. The van der Waals surface area contributed by atoms with Crippen LogP contribution in [0.2, 0.25) is 0 Å². The third-order valence-electron chi connectivity index (χ3n) is 4.28. The van der Waals surface area contributed by atoms with Crippen LogP contribution in [0.3, 0.4) is 0 Å². The Balaban J connectivity index is 1.70. The molecule has 3 rings (SSSR count). The fourth-order valence-electron chi connectivity index (χ4n) is 2.63. The lowest BCUT2D eigenvalue weighted by Gasteiger charge is -2.18. The fraction of sp³-hybridized carbons (Fsp3) is 0.286. The number of halogens is 1.